The second-order valence-corrected chi connectivity index (χ2v) is 5.92. The molecule has 1 fully saturated rings. The molecule has 0 amide bonds. The highest BCUT2D eigenvalue weighted by Gasteiger charge is 2.13. The maximum atomic E-state index is 13.2. The Morgan fingerprint density at radius 2 is 2.24 bits per heavy atom. The summed E-state index contributed by atoms with van der Waals surface area (Å²) in [6.07, 6.45) is 4.91. The topological polar surface area (TPSA) is 64.9 Å². The van der Waals surface area contributed by atoms with Gasteiger partial charge in [-0.15, -0.1) is 0 Å². The lowest BCUT2D eigenvalue weighted by molar-refractivity contribution is 0.152. The van der Waals surface area contributed by atoms with E-state index in [2.05, 4.69) is 32.2 Å². The van der Waals surface area contributed by atoms with Crippen molar-refractivity contribution >= 4 is 34.3 Å². The van der Waals surface area contributed by atoms with Gasteiger partial charge in [-0.25, -0.2) is 23.9 Å². The Hall–Kier alpha value is -2.69. The van der Waals surface area contributed by atoms with Gasteiger partial charge >= 0.3 is 0 Å². The van der Waals surface area contributed by atoms with E-state index < -0.39 is 5.82 Å². The minimum Gasteiger partial charge on any atom is -0.365 e. The Morgan fingerprint density at radius 3 is 3.04 bits per heavy atom. The van der Waals surface area contributed by atoms with Crippen molar-refractivity contribution in [3.05, 3.63) is 41.7 Å². The van der Waals surface area contributed by atoms with Crippen LogP contribution in [-0.2, 0) is 4.74 Å². The van der Waals surface area contributed by atoms with Gasteiger partial charge in [0.25, 0.3) is 0 Å². The third-order valence-electron chi connectivity index (χ3n) is 3.79. The van der Waals surface area contributed by atoms with Gasteiger partial charge in [0, 0.05) is 12.7 Å². The van der Waals surface area contributed by atoms with Gasteiger partial charge in [0.15, 0.2) is 17.0 Å². The van der Waals surface area contributed by atoms with Crippen molar-refractivity contribution in [2.75, 3.05) is 11.9 Å². The number of halogens is 2. The summed E-state index contributed by atoms with van der Waals surface area (Å²) in [7, 11) is 0. The van der Waals surface area contributed by atoms with Crippen LogP contribution >= 0.6 is 11.6 Å². The number of fused-ring (bicyclic) bond motifs is 1. The van der Waals surface area contributed by atoms with E-state index in [1.165, 1.54) is 18.5 Å². The highest BCUT2D eigenvalue weighted by Crippen LogP contribution is 2.27. The van der Waals surface area contributed by atoms with Crippen LogP contribution < -0.4 is 5.32 Å². The van der Waals surface area contributed by atoms with E-state index in [9.17, 15) is 4.39 Å². The maximum Gasteiger partial charge on any atom is 0.177 e. The van der Waals surface area contributed by atoms with E-state index in [4.69, 9.17) is 16.3 Å². The molecular weight excluding hydrogens is 345 g/mol. The van der Waals surface area contributed by atoms with Gasteiger partial charge in [-0.1, -0.05) is 11.6 Å². The quantitative estimate of drug-likeness (QED) is 0.712. The van der Waals surface area contributed by atoms with Crippen LogP contribution in [-0.4, -0.2) is 32.2 Å². The van der Waals surface area contributed by atoms with Crippen molar-refractivity contribution in [3.63, 3.8) is 0 Å². The fourth-order valence-corrected chi connectivity index (χ4v) is 2.77. The van der Waals surface area contributed by atoms with Crippen LogP contribution in [0.3, 0.4) is 0 Å². The molecule has 1 aliphatic heterocycles. The van der Waals surface area contributed by atoms with Crippen LogP contribution in [0.5, 0.6) is 0 Å². The van der Waals surface area contributed by atoms with Crippen molar-refractivity contribution in [3.8, 4) is 12.0 Å². The molecule has 126 valence electrons. The van der Waals surface area contributed by atoms with Gasteiger partial charge in [-0.3, -0.25) is 0 Å². The third kappa shape index (κ3) is 3.27. The maximum absolute atomic E-state index is 13.2. The van der Waals surface area contributed by atoms with Gasteiger partial charge < -0.3 is 10.1 Å². The van der Waals surface area contributed by atoms with E-state index in [0.29, 0.717) is 22.7 Å². The number of benzene rings is 1. The second kappa shape index (κ2) is 6.67. The van der Waals surface area contributed by atoms with Crippen molar-refractivity contribution in [1.29, 1.82) is 0 Å². The molecule has 0 bridgehead atoms. The first kappa shape index (κ1) is 15.8. The van der Waals surface area contributed by atoms with E-state index in [0.717, 1.165) is 19.4 Å². The fraction of sp³-hybridized carbons (Fsp3) is 0.235. The first-order chi connectivity index (χ1) is 12.2. The number of hydrogen-bond acceptors (Lipinski definition) is 5. The highest BCUT2D eigenvalue weighted by molar-refractivity contribution is 6.33. The molecule has 0 spiro atoms. The molecule has 0 saturated carbocycles. The summed E-state index contributed by atoms with van der Waals surface area (Å²) in [6.45, 7) is 0.749. The molecule has 3 aromatic rings. The summed E-state index contributed by atoms with van der Waals surface area (Å²) in [5.41, 5.74) is 1.65. The summed E-state index contributed by atoms with van der Waals surface area (Å²) < 4.78 is 20.3. The molecule has 8 heteroatoms. The number of aromatic nitrogens is 4. The fourth-order valence-electron chi connectivity index (χ4n) is 2.56. The molecule has 1 atom stereocenters. The molecule has 1 N–H and O–H groups in total. The van der Waals surface area contributed by atoms with Crippen LogP contribution in [0.4, 0.5) is 15.9 Å². The average Bonchev–Trinajstić information content (AvgIpc) is 3.25. The minimum absolute atomic E-state index is 0.0464. The largest absolute Gasteiger partial charge is 0.365 e. The number of anilines is 2. The Kier molecular flexibility index (Phi) is 4.22. The van der Waals surface area contributed by atoms with Gasteiger partial charge in [0.05, 0.1) is 10.7 Å². The van der Waals surface area contributed by atoms with E-state index >= 15 is 0 Å². The lowest BCUT2D eigenvalue weighted by Crippen LogP contribution is -2.01. The molecule has 0 aliphatic carbocycles. The summed E-state index contributed by atoms with van der Waals surface area (Å²) >= 11 is 6.05. The predicted molar refractivity (Wildman–Crippen MR) is 92.2 cm³/mol. The van der Waals surface area contributed by atoms with Crippen LogP contribution in [0.1, 0.15) is 12.8 Å². The summed E-state index contributed by atoms with van der Waals surface area (Å²) in [6, 6.07) is 7.09. The van der Waals surface area contributed by atoms with Crippen molar-refractivity contribution in [2.24, 2.45) is 0 Å². The monoisotopic (exact) mass is 357 g/mol. The van der Waals surface area contributed by atoms with Crippen LogP contribution in [0.2, 0.25) is 5.02 Å². The number of ether oxygens (including phenoxy) is 1. The normalized spacial score (nSPS) is 16.6. The minimum atomic E-state index is -0.405. The van der Waals surface area contributed by atoms with Gasteiger partial charge in [-0.2, -0.15) is 0 Å². The highest BCUT2D eigenvalue weighted by atomic mass is 35.5. The van der Waals surface area contributed by atoms with Crippen LogP contribution in [0.25, 0.3) is 11.2 Å². The predicted octanol–water partition coefficient (Wildman–Crippen LogP) is 3.35. The molecule has 1 aromatic carbocycles. The lowest BCUT2D eigenvalue weighted by Gasteiger charge is -2.07. The second-order valence-electron chi connectivity index (χ2n) is 5.52. The molecule has 25 heavy (non-hydrogen) atoms. The lowest BCUT2D eigenvalue weighted by atomic mass is 10.2. The van der Waals surface area contributed by atoms with E-state index in [-0.39, 0.29) is 11.1 Å². The average molecular weight is 358 g/mol. The number of imidazole rings is 1. The van der Waals surface area contributed by atoms with Gasteiger partial charge in [-0.05, 0) is 37.0 Å². The Labute approximate surface area is 148 Å². The first-order valence-corrected chi connectivity index (χ1v) is 8.12. The molecule has 6 nitrogen and oxygen atoms in total. The zero-order valence-corrected chi connectivity index (χ0v) is 13.8. The third-order valence-corrected chi connectivity index (χ3v) is 4.11. The summed E-state index contributed by atoms with van der Waals surface area (Å²) in [4.78, 5) is 12.8. The molecule has 1 unspecified atom stereocenters. The molecular formula is C17H13ClFN5O. The smallest absolute Gasteiger partial charge is 0.177 e. The molecule has 1 saturated heterocycles. The zero-order chi connectivity index (χ0) is 17.2. The number of nitrogens with one attached hydrogen (secondary N) is 1. The van der Waals surface area contributed by atoms with E-state index in [1.54, 1.807) is 17.0 Å². The SMILES string of the molecule is Fc1ccc(Nc2ncnc3c2ncn3C#CC2CCCO2)c(Cl)c1. The summed E-state index contributed by atoms with van der Waals surface area (Å²) in [5, 5.41) is 3.31. The van der Waals surface area contributed by atoms with Crippen molar-refractivity contribution in [1.82, 2.24) is 19.5 Å². The Morgan fingerprint density at radius 1 is 1.32 bits per heavy atom. The molecule has 2 aromatic heterocycles. The molecule has 1 aliphatic rings. The zero-order valence-electron chi connectivity index (χ0n) is 13.0. The van der Waals surface area contributed by atoms with Crippen LogP contribution in [0, 0.1) is 17.8 Å². The van der Waals surface area contributed by atoms with Gasteiger partial charge in [0.1, 0.15) is 24.6 Å². The molecule has 0 radical (unpaired) electrons. The number of hydrogen-bond donors (Lipinski definition) is 1. The van der Waals surface area contributed by atoms with Crippen molar-refractivity contribution in [2.45, 2.75) is 18.9 Å². The Balaban J connectivity index is 1.66. The summed E-state index contributed by atoms with van der Waals surface area (Å²) in [5.74, 6) is 3.13. The molecule has 3 heterocycles. The van der Waals surface area contributed by atoms with Crippen molar-refractivity contribution < 1.29 is 9.13 Å². The standard InChI is InChI=1S/C17H13ClFN5O/c18-13-8-11(19)3-4-14(13)23-16-15-17(21-9-20-16)24(10-22-15)6-5-12-2-1-7-25-12/h3-4,8-10,12H,1-2,7H2,(H,20,21,23). The van der Waals surface area contributed by atoms with Crippen LogP contribution in [0.15, 0.2) is 30.9 Å². The first-order valence-electron chi connectivity index (χ1n) is 7.74. The Bertz CT molecular complexity index is 988. The number of rotatable bonds is 2. The number of nitrogens with zero attached hydrogens (tertiary/aromatic N) is 4. The molecule has 4 rings (SSSR count). The van der Waals surface area contributed by atoms with E-state index in [1.807, 2.05) is 0 Å². The van der Waals surface area contributed by atoms with Gasteiger partial charge in [0.2, 0.25) is 0 Å².